The molecule has 1 N–H and O–H groups in total. The van der Waals surface area contributed by atoms with E-state index in [-0.39, 0.29) is 0 Å². The average molecular weight is 280 g/mol. The molecule has 1 aliphatic carbocycles. The summed E-state index contributed by atoms with van der Waals surface area (Å²) in [6.07, 6.45) is 9.61. The van der Waals surface area contributed by atoms with Gasteiger partial charge in [0, 0.05) is 37.3 Å². The van der Waals surface area contributed by atoms with Crippen LogP contribution in [0.1, 0.15) is 58.8 Å². The van der Waals surface area contributed by atoms with Crippen molar-refractivity contribution in [3.63, 3.8) is 0 Å². The van der Waals surface area contributed by atoms with Crippen molar-refractivity contribution in [3.8, 4) is 0 Å². The standard InChI is InChI=1S/C17H32N2O/c1-14(2)10-15-11-19(16-6-9-20-12-16)17(13-18-15)7-4-3-5-8-17/h14-16,18H,3-13H2,1-2H3. The first-order valence-corrected chi connectivity index (χ1v) is 8.77. The molecule has 3 nitrogen and oxygen atoms in total. The topological polar surface area (TPSA) is 24.5 Å². The molecule has 2 unspecified atom stereocenters. The third-order valence-corrected chi connectivity index (χ3v) is 5.63. The van der Waals surface area contributed by atoms with E-state index in [1.54, 1.807) is 0 Å². The second-order valence-corrected chi connectivity index (χ2v) is 7.66. The molecule has 0 aromatic carbocycles. The lowest BCUT2D eigenvalue weighted by Gasteiger charge is -2.54. The molecule has 0 amide bonds. The molecule has 1 saturated carbocycles. The lowest BCUT2D eigenvalue weighted by molar-refractivity contribution is -0.0275. The minimum absolute atomic E-state index is 0.449. The number of rotatable bonds is 3. The Bertz CT molecular complexity index is 306. The molecule has 2 atom stereocenters. The number of nitrogens with one attached hydrogen (secondary N) is 1. The zero-order chi connectivity index (χ0) is 14.0. The van der Waals surface area contributed by atoms with Gasteiger partial charge in [-0.2, -0.15) is 0 Å². The SMILES string of the molecule is CC(C)CC1CN(C2CCOC2)C2(CCCCC2)CN1. The fourth-order valence-corrected chi connectivity index (χ4v) is 4.64. The van der Waals surface area contributed by atoms with Crippen LogP contribution in [0.15, 0.2) is 0 Å². The molecule has 0 aromatic rings. The molecule has 1 spiro atoms. The van der Waals surface area contributed by atoms with Crippen LogP contribution in [0.25, 0.3) is 0 Å². The minimum Gasteiger partial charge on any atom is -0.380 e. The van der Waals surface area contributed by atoms with E-state index >= 15 is 0 Å². The first-order chi connectivity index (χ1) is 9.70. The molecule has 2 saturated heterocycles. The maximum absolute atomic E-state index is 5.70. The number of hydrogen-bond donors (Lipinski definition) is 1. The Morgan fingerprint density at radius 3 is 2.70 bits per heavy atom. The van der Waals surface area contributed by atoms with Gasteiger partial charge in [0.05, 0.1) is 6.61 Å². The van der Waals surface area contributed by atoms with Gasteiger partial charge in [0.15, 0.2) is 0 Å². The number of ether oxygens (including phenoxy) is 1. The van der Waals surface area contributed by atoms with Gasteiger partial charge < -0.3 is 10.1 Å². The Hall–Kier alpha value is -0.120. The van der Waals surface area contributed by atoms with Crippen molar-refractivity contribution < 1.29 is 4.74 Å². The van der Waals surface area contributed by atoms with Crippen molar-refractivity contribution in [3.05, 3.63) is 0 Å². The van der Waals surface area contributed by atoms with Gasteiger partial charge >= 0.3 is 0 Å². The van der Waals surface area contributed by atoms with Crippen LogP contribution in [0.3, 0.4) is 0 Å². The molecule has 3 aliphatic rings. The van der Waals surface area contributed by atoms with E-state index in [0.29, 0.717) is 17.6 Å². The Kier molecular flexibility index (Phi) is 4.68. The third-order valence-electron chi connectivity index (χ3n) is 5.63. The second kappa shape index (κ2) is 6.33. The fraction of sp³-hybridized carbons (Fsp3) is 1.00. The summed E-state index contributed by atoms with van der Waals surface area (Å²) in [5, 5.41) is 3.88. The van der Waals surface area contributed by atoms with E-state index in [1.807, 2.05) is 0 Å². The van der Waals surface area contributed by atoms with Crippen molar-refractivity contribution in [2.75, 3.05) is 26.3 Å². The van der Waals surface area contributed by atoms with Crippen molar-refractivity contribution >= 4 is 0 Å². The quantitative estimate of drug-likeness (QED) is 0.860. The summed E-state index contributed by atoms with van der Waals surface area (Å²) in [5.41, 5.74) is 0.449. The van der Waals surface area contributed by atoms with E-state index in [0.717, 1.165) is 19.1 Å². The zero-order valence-corrected chi connectivity index (χ0v) is 13.4. The van der Waals surface area contributed by atoms with Gasteiger partial charge in [-0.25, -0.2) is 0 Å². The summed E-state index contributed by atoms with van der Waals surface area (Å²) >= 11 is 0. The van der Waals surface area contributed by atoms with Gasteiger partial charge in [-0.3, -0.25) is 4.90 Å². The van der Waals surface area contributed by atoms with E-state index in [9.17, 15) is 0 Å². The molecule has 20 heavy (non-hydrogen) atoms. The minimum atomic E-state index is 0.449. The molecule has 3 fully saturated rings. The molecule has 2 aliphatic heterocycles. The van der Waals surface area contributed by atoms with Crippen LogP contribution in [-0.2, 0) is 4.74 Å². The van der Waals surface area contributed by atoms with E-state index < -0.39 is 0 Å². The van der Waals surface area contributed by atoms with Gasteiger partial charge in [0.25, 0.3) is 0 Å². The Morgan fingerprint density at radius 2 is 2.05 bits per heavy atom. The molecule has 0 bridgehead atoms. The first-order valence-electron chi connectivity index (χ1n) is 8.77. The number of piperazine rings is 1. The molecule has 116 valence electrons. The van der Waals surface area contributed by atoms with E-state index in [1.165, 1.54) is 58.0 Å². The smallest absolute Gasteiger partial charge is 0.0622 e. The highest BCUT2D eigenvalue weighted by molar-refractivity contribution is 5.03. The van der Waals surface area contributed by atoms with Crippen LogP contribution < -0.4 is 5.32 Å². The normalized spacial score (nSPS) is 35.0. The van der Waals surface area contributed by atoms with Gasteiger partial charge in [-0.05, 0) is 31.6 Å². The van der Waals surface area contributed by atoms with Crippen LogP contribution in [0.4, 0.5) is 0 Å². The van der Waals surface area contributed by atoms with Gasteiger partial charge in [0.2, 0.25) is 0 Å². The van der Waals surface area contributed by atoms with Crippen LogP contribution in [0, 0.1) is 5.92 Å². The summed E-state index contributed by atoms with van der Waals surface area (Å²) in [5.74, 6) is 0.787. The molecule has 3 heteroatoms. The average Bonchev–Trinajstić information content (AvgIpc) is 2.95. The highest BCUT2D eigenvalue weighted by Crippen LogP contribution is 2.38. The molecular weight excluding hydrogens is 248 g/mol. The summed E-state index contributed by atoms with van der Waals surface area (Å²) in [6, 6.07) is 1.37. The molecule has 3 rings (SSSR count). The monoisotopic (exact) mass is 280 g/mol. The highest BCUT2D eigenvalue weighted by Gasteiger charge is 2.45. The van der Waals surface area contributed by atoms with Crippen molar-refractivity contribution in [1.29, 1.82) is 0 Å². The van der Waals surface area contributed by atoms with E-state index in [2.05, 4.69) is 24.1 Å². The Balaban J connectivity index is 1.72. The van der Waals surface area contributed by atoms with Gasteiger partial charge in [-0.15, -0.1) is 0 Å². The van der Waals surface area contributed by atoms with Crippen molar-refractivity contribution in [2.24, 2.45) is 5.92 Å². The van der Waals surface area contributed by atoms with Gasteiger partial charge in [0.1, 0.15) is 0 Å². The fourth-order valence-electron chi connectivity index (χ4n) is 4.64. The number of nitrogens with zero attached hydrogens (tertiary/aromatic N) is 1. The Morgan fingerprint density at radius 1 is 1.25 bits per heavy atom. The first kappa shape index (κ1) is 14.8. The largest absolute Gasteiger partial charge is 0.380 e. The maximum Gasteiger partial charge on any atom is 0.0622 e. The van der Waals surface area contributed by atoms with Crippen LogP contribution in [0.5, 0.6) is 0 Å². The summed E-state index contributed by atoms with van der Waals surface area (Å²) in [4.78, 5) is 2.88. The highest BCUT2D eigenvalue weighted by atomic mass is 16.5. The second-order valence-electron chi connectivity index (χ2n) is 7.66. The van der Waals surface area contributed by atoms with Crippen LogP contribution in [0.2, 0.25) is 0 Å². The van der Waals surface area contributed by atoms with Crippen molar-refractivity contribution in [1.82, 2.24) is 10.2 Å². The lowest BCUT2D eigenvalue weighted by Crippen LogP contribution is -2.67. The number of hydrogen-bond acceptors (Lipinski definition) is 3. The Labute approximate surface area is 124 Å². The third kappa shape index (κ3) is 3.05. The van der Waals surface area contributed by atoms with Crippen LogP contribution in [-0.4, -0.2) is 48.8 Å². The summed E-state index contributed by atoms with van der Waals surface area (Å²) in [7, 11) is 0. The molecule has 0 radical (unpaired) electrons. The molecular formula is C17H32N2O. The van der Waals surface area contributed by atoms with Crippen LogP contribution >= 0.6 is 0 Å². The molecule has 2 heterocycles. The lowest BCUT2D eigenvalue weighted by atomic mass is 9.77. The zero-order valence-electron chi connectivity index (χ0n) is 13.4. The summed E-state index contributed by atoms with van der Waals surface area (Å²) in [6.45, 7) is 9.08. The van der Waals surface area contributed by atoms with E-state index in [4.69, 9.17) is 4.74 Å². The van der Waals surface area contributed by atoms with Gasteiger partial charge in [-0.1, -0.05) is 33.1 Å². The molecule has 0 aromatic heterocycles. The van der Waals surface area contributed by atoms with Crippen molar-refractivity contribution in [2.45, 2.75) is 76.4 Å². The predicted octanol–water partition coefficient (Wildman–Crippen LogP) is 2.80. The summed E-state index contributed by atoms with van der Waals surface area (Å²) < 4.78 is 5.70. The maximum atomic E-state index is 5.70. The predicted molar refractivity (Wildman–Crippen MR) is 83.0 cm³/mol.